The summed E-state index contributed by atoms with van der Waals surface area (Å²) in [7, 11) is 0. The highest BCUT2D eigenvalue weighted by Crippen LogP contribution is 2.25. The van der Waals surface area contributed by atoms with Crippen molar-refractivity contribution < 1.29 is 9.59 Å². The third-order valence-corrected chi connectivity index (χ3v) is 6.23. The SMILES string of the molecule is Cc1cc(=O)n2c(C(=O)Nc3ccc(C)c(C)c3)c(C(=O)Nc3ccc(Cl)cc3)sc2n1. The number of hydrogen-bond donors (Lipinski definition) is 2. The van der Waals surface area contributed by atoms with E-state index < -0.39 is 17.4 Å². The van der Waals surface area contributed by atoms with E-state index in [9.17, 15) is 14.4 Å². The molecule has 4 rings (SSSR count). The summed E-state index contributed by atoms with van der Waals surface area (Å²) in [6.45, 7) is 5.59. The molecule has 2 N–H and O–H groups in total. The summed E-state index contributed by atoms with van der Waals surface area (Å²) in [5.74, 6) is -1.10. The predicted molar refractivity (Wildman–Crippen MR) is 127 cm³/mol. The highest BCUT2D eigenvalue weighted by Gasteiger charge is 2.26. The molecule has 162 valence electrons. The number of carbonyl (C=O) groups is 2. The van der Waals surface area contributed by atoms with Gasteiger partial charge in [0.15, 0.2) is 4.96 Å². The van der Waals surface area contributed by atoms with Gasteiger partial charge in [0.1, 0.15) is 10.6 Å². The van der Waals surface area contributed by atoms with Gasteiger partial charge < -0.3 is 10.6 Å². The molecule has 0 aliphatic heterocycles. The normalized spacial score (nSPS) is 10.9. The van der Waals surface area contributed by atoms with Gasteiger partial charge in [-0.3, -0.25) is 14.4 Å². The summed E-state index contributed by atoms with van der Waals surface area (Å²) in [4.78, 5) is 43.7. The summed E-state index contributed by atoms with van der Waals surface area (Å²) in [6, 6.07) is 13.4. The van der Waals surface area contributed by atoms with Crippen LogP contribution in [0.5, 0.6) is 0 Å². The number of halogens is 1. The van der Waals surface area contributed by atoms with Crippen LogP contribution in [0.15, 0.2) is 53.3 Å². The Morgan fingerprint density at radius 1 is 0.906 bits per heavy atom. The lowest BCUT2D eigenvalue weighted by Crippen LogP contribution is -2.25. The minimum atomic E-state index is -0.575. The molecule has 0 saturated heterocycles. The second-order valence-electron chi connectivity index (χ2n) is 7.35. The van der Waals surface area contributed by atoms with Crippen molar-refractivity contribution in [2.24, 2.45) is 0 Å². The van der Waals surface area contributed by atoms with Crippen LogP contribution in [0.1, 0.15) is 37.0 Å². The van der Waals surface area contributed by atoms with Crippen LogP contribution in [0.2, 0.25) is 5.02 Å². The molecule has 0 bridgehead atoms. The molecule has 32 heavy (non-hydrogen) atoms. The lowest BCUT2D eigenvalue weighted by atomic mass is 10.1. The molecule has 0 radical (unpaired) electrons. The fraction of sp³-hybridized carbons (Fsp3) is 0.130. The first-order chi connectivity index (χ1) is 15.2. The zero-order valence-electron chi connectivity index (χ0n) is 17.5. The molecule has 2 amide bonds. The summed E-state index contributed by atoms with van der Waals surface area (Å²) in [6.07, 6.45) is 0. The number of carbonyl (C=O) groups excluding carboxylic acids is 2. The van der Waals surface area contributed by atoms with Gasteiger partial charge >= 0.3 is 0 Å². The van der Waals surface area contributed by atoms with Gasteiger partial charge in [0, 0.05) is 28.2 Å². The van der Waals surface area contributed by atoms with Crippen molar-refractivity contribution in [3.8, 4) is 0 Å². The van der Waals surface area contributed by atoms with Crippen molar-refractivity contribution in [3.05, 3.63) is 91.3 Å². The van der Waals surface area contributed by atoms with Crippen LogP contribution in [0.4, 0.5) is 11.4 Å². The largest absolute Gasteiger partial charge is 0.321 e. The van der Waals surface area contributed by atoms with Crippen LogP contribution in [0.3, 0.4) is 0 Å². The maximum atomic E-state index is 13.3. The third-order valence-electron chi connectivity index (χ3n) is 4.94. The van der Waals surface area contributed by atoms with E-state index in [2.05, 4.69) is 15.6 Å². The Labute approximate surface area is 192 Å². The van der Waals surface area contributed by atoms with Crippen molar-refractivity contribution in [1.29, 1.82) is 0 Å². The van der Waals surface area contributed by atoms with Gasteiger partial charge in [0.2, 0.25) is 0 Å². The number of amides is 2. The lowest BCUT2D eigenvalue weighted by Gasteiger charge is -2.09. The highest BCUT2D eigenvalue weighted by molar-refractivity contribution is 7.19. The maximum Gasteiger partial charge on any atom is 0.274 e. The molecule has 2 aromatic carbocycles. The Morgan fingerprint density at radius 3 is 2.25 bits per heavy atom. The molecule has 0 aliphatic carbocycles. The minimum Gasteiger partial charge on any atom is -0.321 e. The molecule has 0 unspecified atom stereocenters. The van der Waals surface area contributed by atoms with Crippen LogP contribution in [-0.2, 0) is 0 Å². The topological polar surface area (TPSA) is 92.6 Å². The Morgan fingerprint density at radius 2 is 1.56 bits per heavy atom. The Bertz CT molecular complexity index is 1420. The molecule has 2 aromatic heterocycles. The van der Waals surface area contributed by atoms with E-state index in [4.69, 9.17) is 11.6 Å². The minimum absolute atomic E-state index is 0.0628. The molecular weight excluding hydrogens is 448 g/mol. The number of benzene rings is 2. The Balaban J connectivity index is 1.79. The Hall–Kier alpha value is -3.49. The molecule has 0 aliphatic rings. The molecule has 0 saturated carbocycles. The van der Waals surface area contributed by atoms with Gasteiger partial charge in [-0.25, -0.2) is 9.38 Å². The number of aromatic nitrogens is 2. The zero-order chi connectivity index (χ0) is 23.0. The van der Waals surface area contributed by atoms with Crippen LogP contribution >= 0.6 is 22.9 Å². The number of fused-ring (bicyclic) bond motifs is 1. The van der Waals surface area contributed by atoms with Crippen molar-refractivity contribution in [2.45, 2.75) is 20.8 Å². The molecule has 0 atom stereocenters. The fourth-order valence-corrected chi connectivity index (χ4v) is 4.37. The first kappa shape index (κ1) is 21.7. The summed E-state index contributed by atoms with van der Waals surface area (Å²) in [5, 5.41) is 6.07. The number of hydrogen-bond acceptors (Lipinski definition) is 5. The molecule has 4 aromatic rings. The smallest absolute Gasteiger partial charge is 0.274 e. The monoisotopic (exact) mass is 466 g/mol. The Kier molecular flexibility index (Phi) is 5.82. The highest BCUT2D eigenvalue weighted by atomic mass is 35.5. The van der Waals surface area contributed by atoms with E-state index in [0.717, 1.165) is 22.5 Å². The average molecular weight is 467 g/mol. The molecule has 9 heteroatoms. The van der Waals surface area contributed by atoms with Crippen LogP contribution < -0.4 is 16.2 Å². The summed E-state index contributed by atoms with van der Waals surface area (Å²) < 4.78 is 1.17. The number of nitrogens with one attached hydrogen (secondary N) is 2. The van der Waals surface area contributed by atoms with Gasteiger partial charge in [-0.2, -0.15) is 0 Å². The summed E-state index contributed by atoms with van der Waals surface area (Å²) >= 11 is 6.89. The van der Waals surface area contributed by atoms with E-state index >= 15 is 0 Å². The molecule has 0 spiro atoms. The molecular formula is C23H19ClN4O3S. The van der Waals surface area contributed by atoms with E-state index in [-0.39, 0.29) is 15.5 Å². The van der Waals surface area contributed by atoms with Crippen molar-refractivity contribution >= 4 is 51.1 Å². The standard InChI is InChI=1S/C23H19ClN4O3S/c1-12-4-7-17(10-13(12)2)27-21(30)19-20(22(31)26-16-8-5-15(24)6-9-16)32-23-25-14(3)11-18(29)28(19)23/h4-11H,1-3H3,(H,26,31)(H,27,30). The number of nitrogens with zero attached hydrogens (tertiary/aromatic N) is 2. The molecule has 2 heterocycles. The van der Waals surface area contributed by atoms with E-state index in [0.29, 0.717) is 22.1 Å². The number of rotatable bonds is 4. The number of aryl methyl sites for hydroxylation is 3. The van der Waals surface area contributed by atoms with Gasteiger partial charge in [-0.05, 0) is 68.3 Å². The van der Waals surface area contributed by atoms with Crippen LogP contribution in [-0.4, -0.2) is 21.2 Å². The molecule has 7 nitrogen and oxygen atoms in total. The summed E-state index contributed by atoms with van der Waals surface area (Å²) in [5.41, 5.74) is 3.17. The average Bonchev–Trinajstić information content (AvgIpc) is 3.12. The second-order valence-corrected chi connectivity index (χ2v) is 8.76. The van der Waals surface area contributed by atoms with Crippen molar-refractivity contribution in [1.82, 2.24) is 9.38 Å². The van der Waals surface area contributed by atoms with Gasteiger partial charge in [0.05, 0.1) is 0 Å². The van der Waals surface area contributed by atoms with Crippen LogP contribution in [0.25, 0.3) is 4.96 Å². The predicted octanol–water partition coefficient (Wildman–Crippen LogP) is 4.84. The van der Waals surface area contributed by atoms with Gasteiger partial charge in [-0.15, -0.1) is 0 Å². The zero-order valence-corrected chi connectivity index (χ0v) is 19.1. The molecule has 0 fully saturated rings. The fourth-order valence-electron chi connectivity index (χ4n) is 3.18. The quantitative estimate of drug-likeness (QED) is 0.450. The third kappa shape index (κ3) is 4.28. The first-order valence-corrected chi connectivity index (χ1v) is 10.9. The van der Waals surface area contributed by atoms with E-state index in [1.54, 1.807) is 37.3 Å². The lowest BCUT2D eigenvalue weighted by molar-refractivity contribution is 0.0989. The second kappa shape index (κ2) is 8.57. The maximum absolute atomic E-state index is 13.3. The van der Waals surface area contributed by atoms with Gasteiger partial charge in [-0.1, -0.05) is 29.0 Å². The number of anilines is 2. The van der Waals surface area contributed by atoms with Crippen LogP contribution in [0, 0.1) is 20.8 Å². The van der Waals surface area contributed by atoms with E-state index in [1.165, 1.54) is 10.5 Å². The van der Waals surface area contributed by atoms with Crippen molar-refractivity contribution in [2.75, 3.05) is 10.6 Å². The van der Waals surface area contributed by atoms with Crippen molar-refractivity contribution in [3.63, 3.8) is 0 Å². The first-order valence-electron chi connectivity index (χ1n) is 9.71. The van der Waals surface area contributed by atoms with Gasteiger partial charge in [0.25, 0.3) is 17.4 Å². The number of thiazole rings is 1. The van der Waals surface area contributed by atoms with E-state index in [1.807, 2.05) is 26.0 Å².